The van der Waals surface area contributed by atoms with Gasteiger partial charge in [0.2, 0.25) is 0 Å². The summed E-state index contributed by atoms with van der Waals surface area (Å²) in [6.07, 6.45) is 1.30. The van der Waals surface area contributed by atoms with Crippen LogP contribution in [0.2, 0.25) is 0 Å². The summed E-state index contributed by atoms with van der Waals surface area (Å²) in [5.41, 5.74) is 6.50. The van der Waals surface area contributed by atoms with E-state index < -0.39 is 0 Å². The lowest BCUT2D eigenvalue weighted by Crippen LogP contribution is -2.41. The lowest BCUT2D eigenvalue weighted by Gasteiger charge is -2.31. The van der Waals surface area contributed by atoms with Crippen LogP contribution in [0.1, 0.15) is 52.6 Å². The molecule has 34 heavy (non-hydrogen) atoms. The molecular formula is C27H37N3O4. The molecule has 0 aliphatic carbocycles. The highest BCUT2D eigenvalue weighted by Crippen LogP contribution is 2.34. The second kappa shape index (κ2) is 10.6. The molecule has 2 aliphatic rings. The van der Waals surface area contributed by atoms with Crippen LogP contribution in [-0.4, -0.2) is 67.3 Å². The molecule has 7 nitrogen and oxygen atoms in total. The van der Waals surface area contributed by atoms with Gasteiger partial charge in [-0.05, 0) is 51.7 Å². The Bertz CT molecular complexity index is 1030. The molecule has 0 saturated carbocycles. The fourth-order valence-electron chi connectivity index (χ4n) is 5.29. The van der Waals surface area contributed by atoms with Gasteiger partial charge in [0.15, 0.2) is 0 Å². The van der Waals surface area contributed by atoms with E-state index in [1.807, 2.05) is 17.9 Å². The number of benzene rings is 1. The minimum absolute atomic E-state index is 0.0519. The Kier molecular flexibility index (Phi) is 7.61. The molecule has 184 valence electrons. The number of ether oxygens (including phenoxy) is 2. The highest BCUT2D eigenvalue weighted by atomic mass is 16.5. The molecule has 4 rings (SSSR count). The predicted molar refractivity (Wildman–Crippen MR) is 132 cm³/mol. The van der Waals surface area contributed by atoms with Crippen molar-refractivity contribution in [1.82, 2.24) is 9.47 Å². The van der Waals surface area contributed by atoms with Crippen LogP contribution in [-0.2, 0) is 20.8 Å². The Hall–Kier alpha value is -2.80. The zero-order valence-electron chi connectivity index (χ0n) is 20.9. The third-order valence-corrected chi connectivity index (χ3v) is 7.25. The molecule has 2 aromatic rings. The number of aryl methyl sites for hydroxylation is 1. The smallest absolute Gasteiger partial charge is 0.309 e. The maximum Gasteiger partial charge on any atom is 0.309 e. The number of amides is 1. The topological polar surface area (TPSA) is 64.0 Å². The summed E-state index contributed by atoms with van der Waals surface area (Å²) in [4.78, 5) is 30.3. The van der Waals surface area contributed by atoms with Crippen LogP contribution in [0.3, 0.4) is 0 Å². The van der Waals surface area contributed by atoms with Crippen LogP contribution >= 0.6 is 0 Å². The average molecular weight is 468 g/mol. The summed E-state index contributed by atoms with van der Waals surface area (Å²) in [5.74, 6) is -0.204. The maximum atomic E-state index is 13.9. The van der Waals surface area contributed by atoms with E-state index in [0.29, 0.717) is 52.3 Å². The highest BCUT2D eigenvalue weighted by Gasteiger charge is 2.33. The molecule has 0 unspecified atom stereocenters. The SMILES string of the molecule is CCOC(=O)C1CCN(C(=O)c2c(C)c(N3CCOCC3)c(C)n2Cc2ccccc2C)CC1. The highest BCUT2D eigenvalue weighted by molar-refractivity contribution is 5.97. The van der Waals surface area contributed by atoms with Crippen LogP contribution in [0.4, 0.5) is 5.69 Å². The molecule has 3 heterocycles. The first-order valence-electron chi connectivity index (χ1n) is 12.4. The van der Waals surface area contributed by atoms with Gasteiger partial charge in [-0.15, -0.1) is 0 Å². The molecule has 2 aliphatic heterocycles. The van der Waals surface area contributed by atoms with Gasteiger partial charge in [0.05, 0.1) is 31.4 Å². The van der Waals surface area contributed by atoms with Crippen LogP contribution in [0.15, 0.2) is 24.3 Å². The Morgan fingerprint density at radius 3 is 2.35 bits per heavy atom. The maximum absolute atomic E-state index is 13.9. The summed E-state index contributed by atoms with van der Waals surface area (Å²) in [5, 5.41) is 0. The van der Waals surface area contributed by atoms with E-state index in [1.54, 1.807) is 0 Å². The number of likely N-dealkylation sites (tertiary alicyclic amines) is 1. The zero-order chi connectivity index (χ0) is 24.2. The van der Waals surface area contributed by atoms with Crippen molar-refractivity contribution < 1.29 is 19.1 Å². The second-order valence-corrected chi connectivity index (χ2v) is 9.34. The number of hydrogen-bond acceptors (Lipinski definition) is 5. The lowest BCUT2D eigenvalue weighted by atomic mass is 9.96. The monoisotopic (exact) mass is 467 g/mol. The summed E-state index contributed by atoms with van der Waals surface area (Å²) < 4.78 is 13.0. The van der Waals surface area contributed by atoms with Crippen LogP contribution in [0.25, 0.3) is 0 Å². The third-order valence-electron chi connectivity index (χ3n) is 7.25. The number of carbonyl (C=O) groups excluding carboxylic acids is 2. The first kappa shape index (κ1) is 24.3. The zero-order valence-corrected chi connectivity index (χ0v) is 20.9. The molecule has 1 amide bonds. The molecular weight excluding hydrogens is 430 g/mol. The van der Waals surface area contributed by atoms with Crippen molar-refractivity contribution in [3.8, 4) is 0 Å². The number of anilines is 1. The molecule has 1 aromatic heterocycles. The van der Waals surface area contributed by atoms with Crippen molar-refractivity contribution in [3.05, 3.63) is 52.3 Å². The van der Waals surface area contributed by atoms with E-state index in [0.717, 1.165) is 35.7 Å². The number of aromatic nitrogens is 1. The minimum atomic E-state index is -0.140. The average Bonchev–Trinajstić information content (AvgIpc) is 3.10. The van der Waals surface area contributed by atoms with Gasteiger partial charge in [0.1, 0.15) is 5.69 Å². The Morgan fingerprint density at radius 1 is 1.03 bits per heavy atom. The van der Waals surface area contributed by atoms with E-state index in [2.05, 4.69) is 48.4 Å². The lowest BCUT2D eigenvalue weighted by molar-refractivity contribution is -0.149. The number of hydrogen-bond donors (Lipinski definition) is 0. The van der Waals surface area contributed by atoms with Crippen LogP contribution < -0.4 is 4.90 Å². The van der Waals surface area contributed by atoms with Crippen LogP contribution in [0, 0.1) is 26.7 Å². The second-order valence-electron chi connectivity index (χ2n) is 9.34. The van der Waals surface area contributed by atoms with Crippen molar-refractivity contribution in [2.24, 2.45) is 5.92 Å². The van der Waals surface area contributed by atoms with Crippen molar-refractivity contribution in [1.29, 1.82) is 0 Å². The summed E-state index contributed by atoms with van der Waals surface area (Å²) >= 11 is 0. The molecule has 0 bridgehead atoms. The van der Waals surface area contributed by atoms with Gasteiger partial charge in [-0.3, -0.25) is 9.59 Å². The van der Waals surface area contributed by atoms with E-state index >= 15 is 0 Å². The van der Waals surface area contributed by atoms with E-state index in [-0.39, 0.29) is 17.8 Å². The van der Waals surface area contributed by atoms with E-state index in [4.69, 9.17) is 9.47 Å². The fraction of sp³-hybridized carbons (Fsp3) is 0.556. The number of piperidine rings is 1. The Labute approximate surface area is 202 Å². The van der Waals surface area contributed by atoms with Crippen molar-refractivity contribution in [3.63, 3.8) is 0 Å². The summed E-state index contributed by atoms with van der Waals surface area (Å²) in [6, 6.07) is 8.35. The molecule has 0 radical (unpaired) electrons. The molecule has 7 heteroatoms. The first-order chi connectivity index (χ1) is 16.4. The van der Waals surface area contributed by atoms with Crippen molar-refractivity contribution in [2.45, 2.75) is 47.1 Å². The van der Waals surface area contributed by atoms with Gasteiger partial charge < -0.3 is 23.8 Å². The molecule has 0 N–H and O–H groups in total. The molecule has 0 atom stereocenters. The fourth-order valence-corrected chi connectivity index (χ4v) is 5.29. The number of rotatable bonds is 6. The minimum Gasteiger partial charge on any atom is -0.466 e. The Balaban J connectivity index is 1.65. The predicted octanol–water partition coefficient (Wildman–Crippen LogP) is 3.71. The third kappa shape index (κ3) is 4.85. The van der Waals surface area contributed by atoms with Gasteiger partial charge in [0.25, 0.3) is 5.91 Å². The molecule has 1 aromatic carbocycles. The van der Waals surface area contributed by atoms with Crippen molar-refractivity contribution in [2.75, 3.05) is 50.9 Å². The molecule has 0 spiro atoms. The van der Waals surface area contributed by atoms with Gasteiger partial charge in [-0.2, -0.15) is 0 Å². The Morgan fingerprint density at radius 2 is 1.71 bits per heavy atom. The first-order valence-corrected chi connectivity index (χ1v) is 12.4. The largest absolute Gasteiger partial charge is 0.466 e. The number of esters is 1. The summed E-state index contributed by atoms with van der Waals surface area (Å²) in [6.45, 7) is 13.4. The number of carbonyl (C=O) groups is 2. The normalized spacial score (nSPS) is 17.2. The summed E-state index contributed by atoms with van der Waals surface area (Å²) in [7, 11) is 0. The van der Waals surface area contributed by atoms with Gasteiger partial charge >= 0.3 is 5.97 Å². The van der Waals surface area contributed by atoms with Gasteiger partial charge in [-0.25, -0.2) is 0 Å². The van der Waals surface area contributed by atoms with Gasteiger partial charge in [0, 0.05) is 44.0 Å². The van der Waals surface area contributed by atoms with Gasteiger partial charge in [-0.1, -0.05) is 24.3 Å². The number of morpholine rings is 1. The van der Waals surface area contributed by atoms with E-state index in [9.17, 15) is 9.59 Å². The molecule has 2 saturated heterocycles. The number of nitrogens with zero attached hydrogens (tertiary/aromatic N) is 3. The van der Waals surface area contributed by atoms with Crippen molar-refractivity contribution >= 4 is 17.6 Å². The van der Waals surface area contributed by atoms with E-state index in [1.165, 1.54) is 11.1 Å². The standard InChI is InChI=1S/C27H37N3O4/c1-5-34-27(32)22-10-12-29(13-11-22)26(31)25-20(3)24(28-14-16-33-17-15-28)21(4)30(25)18-23-9-7-6-8-19(23)2/h6-9,22H,5,10-18H2,1-4H3. The quantitative estimate of drug-likeness (QED) is 0.606. The van der Waals surface area contributed by atoms with Crippen LogP contribution in [0.5, 0.6) is 0 Å². The molecule has 2 fully saturated rings.